The first-order valence-electron chi connectivity index (χ1n) is 7.26. The number of hydrogen-bond donors (Lipinski definition) is 1. The number of para-hydroxylation sites is 2. The fourth-order valence-corrected chi connectivity index (χ4v) is 2.67. The maximum Gasteiger partial charge on any atom is 0.111 e. The summed E-state index contributed by atoms with van der Waals surface area (Å²) in [4.78, 5) is 4.82. The Bertz CT molecular complexity index is 573. The highest BCUT2D eigenvalue weighted by Gasteiger charge is 2.23. The molecule has 0 saturated heterocycles. The predicted molar refractivity (Wildman–Crippen MR) is 79.5 cm³/mol. The van der Waals surface area contributed by atoms with Gasteiger partial charge in [0.05, 0.1) is 11.0 Å². The predicted octanol–water partition coefficient (Wildman–Crippen LogP) is 3.09. The zero-order valence-electron chi connectivity index (χ0n) is 12.1. The van der Waals surface area contributed by atoms with Crippen molar-refractivity contribution < 1.29 is 0 Å². The number of fused-ring (bicyclic) bond motifs is 1. The minimum absolute atomic E-state index is 0.0744. The van der Waals surface area contributed by atoms with Gasteiger partial charge >= 0.3 is 0 Å². The van der Waals surface area contributed by atoms with E-state index in [9.17, 15) is 0 Å². The first-order valence-corrected chi connectivity index (χ1v) is 7.26. The first kappa shape index (κ1) is 12.7. The van der Waals surface area contributed by atoms with Crippen LogP contribution in [-0.2, 0) is 12.0 Å². The van der Waals surface area contributed by atoms with Crippen molar-refractivity contribution in [3.8, 4) is 0 Å². The average molecular weight is 257 g/mol. The van der Waals surface area contributed by atoms with Gasteiger partial charge in [-0.1, -0.05) is 12.1 Å². The molecule has 1 N–H and O–H groups in total. The highest BCUT2D eigenvalue weighted by molar-refractivity contribution is 5.76. The summed E-state index contributed by atoms with van der Waals surface area (Å²) in [7, 11) is 0. The number of benzene rings is 1. The van der Waals surface area contributed by atoms with Crippen LogP contribution in [0.3, 0.4) is 0 Å². The van der Waals surface area contributed by atoms with Crippen molar-refractivity contribution in [1.82, 2.24) is 14.9 Å². The number of imidazole rings is 1. The van der Waals surface area contributed by atoms with Crippen LogP contribution in [0.4, 0.5) is 0 Å². The summed E-state index contributed by atoms with van der Waals surface area (Å²) < 4.78 is 2.39. The molecule has 0 spiro atoms. The lowest BCUT2D eigenvalue weighted by molar-refractivity contribution is 0.392. The molecular formula is C16H23N3. The van der Waals surface area contributed by atoms with Crippen LogP contribution in [0.5, 0.6) is 0 Å². The lowest BCUT2D eigenvalue weighted by atomic mass is 10.1. The van der Waals surface area contributed by atoms with Gasteiger partial charge in [0, 0.05) is 24.5 Å². The smallest absolute Gasteiger partial charge is 0.111 e. The van der Waals surface area contributed by atoms with Gasteiger partial charge in [0.15, 0.2) is 0 Å². The van der Waals surface area contributed by atoms with Crippen LogP contribution in [0.1, 0.15) is 39.4 Å². The summed E-state index contributed by atoms with van der Waals surface area (Å²) in [5, 5.41) is 3.57. The third-order valence-corrected chi connectivity index (χ3v) is 3.66. The molecule has 0 radical (unpaired) electrons. The molecule has 3 rings (SSSR count). The fourth-order valence-electron chi connectivity index (χ4n) is 2.67. The number of rotatable bonds is 4. The van der Waals surface area contributed by atoms with E-state index in [1.54, 1.807) is 0 Å². The Balaban J connectivity index is 1.91. The summed E-state index contributed by atoms with van der Waals surface area (Å²) in [5.41, 5.74) is 2.43. The monoisotopic (exact) mass is 257 g/mol. The molecular weight excluding hydrogens is 234 g/mol. The van der Waals surface area contributed by atoms with Gasteiger partial charge in [-0.25, -0.2) is 4.98 Å². The van der Waals surface area contributed by atoms with E-state index in [-0.39, 0.29) is 5.54 Å². The number of hydrogen-bond acceptors (Lipinski definition) is 2. The van der Waals surface area contributed by atoms with Gasteiger partial charge in [-0.3, -0.25) is 0 Å². The third kappa shape index (κ3) is 2.66. The highest BCUT2D eigenvalue weighted by Crippen LogP contribution is 2.25. The van der Waals surface area contributed by atoms with Crippen LogP contribution in [0.15, 0.2) is 24.3 Å². The van der Waals surface area contributed by atoms with Gasteiger partial charge in [0.25, 0.3) is 0 Å². The van der Waals surface area contributed by atoms with E-state index in [2.05, 4.69) is 54.9 Å². The number of aromatic nitrogens is 2. The summed E-state index contributed by atoms with van der Waals surface area (Å²) >= 11 is 0. The number of nitrogens with zero attached hydrogens (tertiary/aromatic N) is 2. The fraction of sp³-hybridized carbons (Fsp3) is 0.562. The van der Waals surface area contributed by atoms with Gasteiger partial charge in [-0.15, -0.1) is 0 Å². The summed E-state index contributed by atoms with van der Waals surface area (Å²) in [6, 6.07) is 9.21. The lowest BCUT2D eigenvalue weighted by Gasteiger charge is -2.24. The molecule has 1 aromatic carbocycles. The van der Waals surface area contributed by atoms with E-state index >= 15 is 0 Å². The van der Waals surface area contributed by atoms with E-state index in [0.717, 1.165) is 24.5 Å². The van der Waals surface area contributed by atoms with E-state index in [0.29, 0.717) is 0 Å². The molecule has 2 aromatic rings. The van der Waals surface area contributed by atoms with Gasteiger partial charge < -0.3 is 9.88 Å². The van der Waals surface area contributed by atoms with Gasteiger partial charge in [0.2, 0.25) is 0 Å². The molecule has 0 bridgehead atoms. The molecule has 1 saturated carbocycles. The zero-order valence-corrected chi connectivity index (χ0v) is 12.1. The highest BCUT2D eigenvalue weighted by atomic mass is 15.1. The van der Waals surface area contributed by atoms with Gasteiger partial charge in [-0.05, 0) is 45.7 Å². The van der Waals surface area contributed by atoms with Crippen LogP contribution >= 0.6 is 0 Å². The molecule has 19 heavy (non-hydrogen) atoms. The Kier molecular flexibility index (Phi) is 3.09. The Morgan fingerprint density at radius 2 is 2.00 bits per heavy atom. The van der Waals surface area contributed by atoms with Crippen molar-refractivity contribution in [3.63, 3.8) is 0 Å². The standard InChI is InChI=1S/C16H23N3/c1-16(2,3)19-14-7-5-4-6-13(14)18-15(19)10-11-17-12-8-9-12/h4-7,12,17H,8-11H2,1-3H3. The topological polar surface area (TPSA) is 29.9 Å². The second kappa shape index (κ2) is 4.64. The quantitative estimate of drug-likeness (QED) is 0.912. The number of nitrogens with one attached hydrogen (secondary N) is 1. The van der Waals surface area contributed by atoms with Crippen LogP contribution in [0.2, 0.25) is 0 Å². The Hall–Kier alpha value is -1.35. The van der Waals surface area contributed by atoms with E-state index in [4.69, 9.17) is 4.98 Å². The molecule has 1 aliphatic rings. The molecule has 3 nitrogen and oxygen atoms in total. The third-order valence-electron chi connectivity index (χ3n) is 3.66. The normalized spacial score (nSPS) is 16.2. The van der Waals surface area contributed by atoms with Gasteiger partial charge in [-0.2, -0.15) is 0 Å². The van der Waals surface area contributed by atoms with Crippen LogP contribution < -0.4 is 5.32 Å². The minimum atomic E-state index is 0.0744. The molecule has 0 unspecified atom stereocenters. The van der Waals surface area contributed by atoms with Gasteiger partial charge in [0.1, 0.15) is 5.82 Å². The van der Waals surface area contributed by atoms with Crippen molar-refractivity contribution >= 4 is 11.0 Å². The maximum absolute atomic E-state index is 4.82. The van der Waals surface area contributed by atoms with E-state index in [1.807, 2.05) is 0 Å². The molecule has 0 atom stereocenters. The molecule has 1 fully saturated rings. The molecule has 1 aromatic heterocycles. The zero-order chi connectivity index (χ0) is 13.5. The van der Waals surface area contributed by atoms with Crippen molar-refractivity contribution in [2.45, 2.75) is 51.6 Å². The maximum atomic E-state index is 4.82. The van der Waals surface area contributed by atoms with Crippen LogP contribution in [0.25, 0.3) is 11.0 Å². The second-order valence-corrected chi connectivity index (χ2v) is 6.50. The molecule has 3 heteroatoms. The van der Waals surface area contributed by atoms with Crippen molar-refractivity contribution in [2.75, 3.05) is 6.54 Å². The second-order valence-electron chi connectivity index (χ2n) is 6.50. The molecule has 102 valence electrons. The van der Waals surface area contributed by atoms with Crippen LogP contribution in [-0.4, -0.2) is 22.1 Å². The Labute approximate surface area is 115 Å². The van der Waals surface area contributed by atoms with Crippen LogP contribution in [0, 0.1) is 0 Å². The average Bonchev–Trinajstić information content (AvgIpc) is 3.07. The first-order chi connectivity index (χ1) is 9.05. The Morgan fingerprint density at radius 3 is 2.68 bits per heavy atom. The van der Waals surface area contributed by atoms with Crippen molar-refractivity contribution in [3.05, 3.63) is 30.1 Å². The van der Waals surface area contributed by atoms with Crippen molar-refractivity contribution in [1.29, 1.82) is 0 Å². The lowest BCUT2D eigenvalue weighted by Crippen LogP contribution is -2.27. The molecule has 0 aliphatic heterocycles. The largest absolute Gasteiger partial charge is 0.323 e. The molecule has 1 heterocycles. The Morgan fingerprint density at radius 1 is 1.26 bits per heavy atom. The summed E-state index contributed by atoms with van der Waals surface area (Å²) in [6.45, 7) is 7.78. The van der Waals surface area contributed by atoms with E-state index < -0.39 is 0 Å². The van der Waals surface area contributed by atoms with E-state index in [1.165, 1.54) is 24.2 Å². The molecule has 1 aliphatic carbocycles. The summed E-state index contributed by atoms with van der Waals surface area (Å²) in [5.74, 6) is 1.20. The van der Waals surface area contributed by atoms with Crippen molar-refractivity contribution in [2.24, 2.45) is 0 Å². The summed E-state index contributed by atoms with van der Waals surface area (Å²) in [6.07, 6.45) is 3.69. The minimum Gasteiger partial charge on any atom is -0.323 e. The molecule has 0 amide bonds. The SMILES string of the molecule is CC(C)(C)n1c(CCNC2CC2)nc2ccccc21.